The summed E-state index contributed by atoms with van der Waals surface area (Å²) in [4.78, 5) is 12.0. The van der Waals surface area contributed by atoms with E-state index in [-0.39, 0.29) is 5.91 Å². The summed E-state index contributed by atoms with van der Waals surface area (Å²) in [6.45, 7) is 3.16. The van der Waals surface area contributed by atoms with E-state index in [4.69, 9.17) is 4.74 Å². The number of aryl methyl sites for hydroxylation is 1. The highest BCUT2D eigenvalue weighted by atomic mass is 79.9. The van der Waals surface area contributed by atoms with Gasteiger partial charge in [-0.25, -0.2) is 0 Å². The van der Waals surface area contributed by atoms with Crippen LogP contribution in [0.3, 0.4) is 0 Å². The molecular weight excluding hydrogens is 322 g/mol. The molecule has 2 rings (SSSR count). The average molecular weight is 338 g/mol. The molecule has 1 amide bonds. The van der Waals surface area contributed by atoms with E-state index in [1.54, 1.807) is 24.2 Å². The van der Waals surface area contributed by atoms with E-state index in [1.165, 1.54) is 0 Å². The lowest BCUT2D eigenvalue weighted by Crippen LogP contribution is -2.22. The van der Waals surface area contributed by atoms with Crippen molar-refractivity contribution in [2.24, 2.45) is 0 Å². The largest absolute Gasteiger partial charge is 0.497 e. The van der Waals surface area contributed by atoms with Gasteiger partial charge < -0.3 is 10.1 Å². The second-order valence-electron chi connectivity index (χ2n) is 4.27. The Labute approximate surface area is 126 Å². The Bertz CT molecular complexity index is 610. The second-order valence-corrected chi connectivity index (χ2v) is 5.18. The Kier molecular flexibility index (Phi) is 4.79. The molecule has 0 atom stereocenters. The third kappa shape index (κ3) is 3.60. The molecule has 2 aromatic rings. The summed E-state index contributed by atoms with van der Waals surface area (Å²) >= 11 is 3.41. The lowest BCUT2D eigenvalue weighted by atomic mass is 10.2. The van der Waals surface area contributed by atoms with Crippen molar-refractivity contribution >= 4 is 21.8 Å². The molecule has 0 spiro atoms. The van der Waals surface area contributed by atoms with Gasteiger partial charge in [0.25, 0.3) is 5.91 Å². The van der Waals surface area contributed by atoms with Gasteiger partial charge in [0.05, 0.1) is 18.9 Å². The average Bonchev–Trinajstić information content (AvgIpc) is 2.93. The summed E-state index contributed by atoms with van der Waals surface area (Å²) in [5.41, 5.74) is 1.53. The predicted molar refractivity (Wildman–Crippen MR) is 79.8 cm³/mol. The van der Waals surface area contributed by atoms with E-state index in [0.717, 1.165) is 22.3 Å². The molecule has 20 heavy (non-hydrogen) atoms. The fourth-order valence-corrected chi connectivity index (χ4v) is 2.30. The van der Waals surface area contributed by atoms with Crippen LogP contribution in [0.4, 0.5) is 0 Å². The van der Waals surface area contributed by atoms with Crippen LogP contribution in [0.1, 0.15) is 22.8 Å². The van der Waals surface area contributed by atoms with Crippen molar-refractivity contribution in [2.45, 2.75) is 20.0 Å². The number of carbonyl (C=O) groups is 1. The van der Waals surface area contributed by atoms with Crippen molar-refractivity contribution < 1.29 is 9.53 Å². The maximum absolute atomic E-state index is 12.0. The zero-order valence-electron chi connectivity index (χ0n) is 11.4. The van der Waals surface area contributed by atoms with Gasteiger partial charge in [0.15, 0.2) is 0 Å². The smallest absolute Gasteiger partial charge is 0.254 e. The summed E-state index contributed by atoms with van der Waals surface area (Å²) in [6, 6.07) is 5.70. The highest BCUT2D eigenvalue weighted by molar-refractivity contribution is 9.10. The normalized spacial score (nSPS) is 10.3. The van der Waals surface area contributed by atoms with Crippen LogP contribution >= 0.6 is 15.9 Å². The van der Waals surface area contributed by atoms with Gasteiger partial charge in [-0.2, -0.15) is 5.10 Å². The van der Waals surface area contributed by atoms with Gasteiger partial charge in [-0.3, -0.25) is 9.48 Å². The molecule has 1 heterocycles. The molecule has 5 nitrogen and oxygen atoms in total. The van der Waals surface area contributed by atoms with Crippen LogP contribution in [0, 0.1) is 0 Å². The molecule has 1 aromatic carbocycles. The van der Waals surface area contributed by atoms with Gasteiger partial charge in [0.2, 0.25) is 0 Å². The second kappa shape index (κ2) is 6.56. The molecule has 0 fully saturated rings. The molecule has 0 aliphatic carbocycles. The zero-order valence-corrected chi connectivity index (χ0v) is 13.0. The van der Waals surface area contributed by atoms with Crippen LogP contribution < -0.4 is 10.1 Å². The molecule has 0 aliphatic rings. The molecule has 6 heteroatoms. The number of nitrogens with zero attached hydrogens (tertiary/aromatic N) is 2. The van der Waals surface area contributed by atoms with E-state index >= 15 is 0 Å². The number of methoxy groups -OCH3 is 1. The summed E-state index contributed by atoms with van der Waals surface area (Å²) in [5, 5.41) is 6.94. The highest BCUT2D eigenvalue weighted by Gasteiger charge is 2.08. The summed E-state index contributed by atoms with van der Waals surface area (Å²) in [5.74, 6) is 0.617. The standard InChI is InChI=1S/C14H16BrN3O2/c1-3-18-9-11(8-17-18)14(19)16-7-10-4-12(15)6-13(5-10)20-2/h4-6,8-9H,3,7H2,1-2H3,(H,16,19). The van der Waals surface area contributed by atoms with E-state index < -0.39 is 0 Å². The van der Waals surface area contributed by atoms with E-state index in [2.05, 4.69) is 26.3 Å². The molecular formula is C14H16BrN3O2. The first-order valence-corrected chi connectivity index (χ1v) is 7.05. The number of hydrogen-bond donors (Lipinski definition) is 1. The molecule has 0 unspecified atom stereocenters. The van der Waals surface area contributed by atoms with Gasteiger partial charge in [-0.05, 0) is 30.7 Å². The maximum Gasteiger partial charge on any atom is 0.254 e. The monoisotopic (exact) mass is 337 g/mol. The Hall–Kier alpha value is -1.82. The molecule has 1 N–H and O–H groups in total. The van der Waals surface area contributed by atoms with E-state index in [0.29, 0.717) is 12.1 Å². The number of aromatic nitrogens is 2. The lowest BCUT2D eigenvalue weighted by Gasteiger charge is -2.07. The fourth-order valence-electron chi connectivity index (χ4n) is 1.78. The Morgan fingerprint density at radius 3 is 2.90 bits per heavy atom. The SMILES string of the molecule is CCn1cc(C(=O)NCc2cc(Br)cc(OC)c2)cn1. The minimum atomic E-state index is -0.136. The van der Waals surface area contributed by atoms with Crippen LogP contribution in [0.15, 0.2) is 35.1 Å². The van der Waals surface area contributed by atoms with E-state index in [1.807, 2.05) is 25.1 Å². The number of nitrogens with one attached hydrogen (secondary N) is 1. The first-order chi connectivity index (χ1) is 9.62. The minimum absolute atomic E-state index is 0.136. The molecule has 0 saturated carbocycles. The van der Waals surface area contributed by atoms with Gasteiger partial charge >= 0.3 is 0 Å². The first kappa shape index (κ1) is 14.6. The van der Waals surface area contributed by atoms with Gasteiger partial charge in [0.1, 0.15) is 5.75 Å². The van der Waals surface area contributed by atoms with E-state index in [9.17, 15) is 4.79 Å². The Morgan fingerprint density at radius 1 is 1.45 bits per heavy atom. The Morgan fingerprint density at radius 2 is 2.25 bits per heavy atom. The number of rotatable bonds is 5. The van der Waals surface area contributed by atoms with Crippen LogP contribution in [-0.4, -0.2) is 22.8 Å². The molecule has 0 radical (unpaired) electrons. The highest BCUT2D eigenvalue weighted by Crippen LogP contribution is 2.21. The van der Waals surface area contributed by atoms with Crippen molar-refractivity contribution in [1.82, 2.24) is 15.1 Å². The lowest BCUT2D eigenvalue weighted by molar-refractivity contribution is 0.0951. The topological polar surface area (TPSA) is 56.2 Å². The number of amides is 1. The van der Waals surface area contributed by atoms with Gasteiger partial charge in [-0.1, -0.05) is 15.9 Å². The van der Waals surface area contributed by atoms with Crippen molar-refractivity contribution in [3.63, 3.8) is 0 Å². The number of carbonyl (C=O) groups excluding carboxylic acids is 1. The van der Waals surface area contributed by atoms with Gasteiger partial charge in [0, 0.05) is 23.8 Å². The molecule has 0 saturated heterocycles. The van der Waals surface area contributed by atoms with Crippen molar-refractivity contribution in [1.29, 1.82) is 0 Å². The van der Waals surface area contributed by atoms with Crippen molar-refractivity contribution in [2.75, 3.05) is 7.11 Å². The predicted octanol–water partition coefficient (Wildman–Crippen LogP) is 2.60. The number of benzene rings is 1. The van der Waals surface area contributed by atoms with Crippen LogP contribution in [0.2, 0.25) is 0 Å². The van der Waals surface area contributed by atoms with Crippen molar-refractivity contribution in [3.8, 4) is 5.75 Å². The first-order valence-electron chi connectivity index (χ1n) is 6.26. The third-order valence-electron chi connectivity index (χ3n) is 2.84. The van der Waals surface area contributed by atoms with Crippen molar-refractivity contribution in [3.05, 3.63) is 46.2 Å². The number of ether oxygens (including phenoxy) is 1. The molecule has 1 aromatic heterocycles. The van der Waals surface area contributed by atoms with Crippen LogP contribution in [-0.2, 0) is 13.1 Å². The zero-order chi connectivity index (χ0) is 14.5. The van der Waals surface area contributed by atoms with Gasteiger partial charge in [-0.15, -0.1) is 0 Å². The fraction of sp³-hybridized carbons (Fsp3) is 0.286. The maximum atomic E-state index is 12.0. The summed E-state index contributed by atoms with van der Waals surface area (Å²) < 4.78 is 7.82. The quantitative estimate of drug-likeness (QED) is 0.912. The van der Waals surface area contributed by atoms with Crippen LogP contribution in [0.5, 0.6) is 5.75 Å². The molecule has 0 aliphatic heterocycles. The minimum Gasteiger partial charge on any atom is -0.497 e. The third-order valence-corrected chi connectivity index (χ3v) is 3.30. The number of hydrogen-bond acceptors (Lipinski definition) is 3. The molecule has 106 valence electrons. The summed E-state index contributed by atoms with van der Waals surface area (Å²) in [7, 11) is 1.61. The number of halogens is 1. The van der Waals surface area contributed by atoms with Crippen LogP contribution in [0.25, 0.3) is 0 Å². The Balaban J connectivity index is 2.01. The molecule has 0 bridgehead atoms. The summed E-state index contributed by atoms with van der Waals surface area (Å²) in [6.07, 6.45) is 3.30.